The van der Waals surface area contributed by atoms with Crippen LogP contribution >= 0.6 is 0 Å². The Kier molecular flexibility index (Phi) is 9.91. The maximum absolute atomic E-state index is 12.0. The van der Waals surface area contributed by atoms with Crippen molar-refractivity contribution in [1.29, 1.82) is 0 Å². The van der Waals surface area contributed by atoms with Gasteiger partial charge in [0.1, 0.15) is 28.7 Å². The fourth-order valence-electron chi connectivity index (χ4n) is 7.67. The maximum atomic E-state index is 12.0. The smallest absolute Gasteiger partial charge is 0.122 e. The number of benzene rings is 5. The Morgan fingerprint density at radius 1 is 0.469 bits per heavy atom. The molecule has 0 unspecified atom stereocenters. The molecule has 0 aliphatic heterocycles. The van der Waals surface area contributed by atoms with Gasteiger partial charge in [-0.1, -0.05) is 67.8 Å². The highest BCUT2D eigenvalue weighted by Gasteiger charge is 2.22. The fraction of sp³-hybridized carbons (Fsp3) is 0.318. The third-order valence-corrected chi connectivity index (χ3v) is 10.7. The molecule has 0 spiro atoms. The lowest BCUT2D eigenvalue weighted by atomic mass is 9.81. The van der Waals surface area contributed by atoms with E-state index in [1.165, 1.54) is 24.8 Å². The summed E-state index contributed by atoms with van der Waals surface area (Å²) in [6.07, 6.45) is 8.13. The molecule has 1 aliphatic rings. The average molecular weight is 657 g/mol. The van der Waals surface area contributed by atoms with Crippen LogP contribution in [0, 0.1) is 27.7 Å². The van der Waals surface area contributed by atoms with Gasteiger partial charge in [0.25, 0.3) is 0 Å². The molecule has 1 saturated carbocycles. The lowest BCUT2D eigenvalue weighted by Crippen LogP contribution is -2.08. The fourth-order valence-corrected chi connectivity index (χ4v) is 7.67. The summed E-state index contributed by atoms with van der Waals surface area (Å²) < 4.78 is 0. The highest BCUT2D eigenvalue weighted by molar-refractivity contribution is 5.57. The largest absolute Gasteiger partial charge is 0.508 e. The quantitative estimate of drug-likeness (QED) is 0.109. The number of phenolic OH excluding ortho intramolecular Hbond substituents is 5. The van der Waals surface area contributed by atoms with Gasteiger partial charge in [-0.15, -0.1) is 0 Å². The van der Waals surface area contributed by atoms with Crippen LogP contribution in [0.1, 0.15) is 110 Å². The molecule has 1 aliphatic carbocycles. The van der Waals surface area contributed by atoms with Gasteiger partial charge in [-0.25, -0.2) is 0 Å². The molecule has 49 heavy (non-hydrogen) atoms. The lowest BCUT2D eigenvalue weighted by molar-refractivity contribution is 0.439. The van der Waals surface area contributed by atoms with Crippen molar-refractivity contribution >= 4 is 0 Å². The number of aromatic hydroxyl groups is 5. The van der Waals surface area contributed by atoms with E-state index in [-0.39, 0.29) is 23.0 Å². The summed E-state index contributed by atoms with van der Waals surface area (Å²) in [5.41, 5.74) is 12.5. The van der Waals surface area contributed by atoms with Gasteiger partial charge in [-0.2, -0.15) is 0 Å². The summed E-state index contributed by atoms with van der Waals surface area (Å²) in [6, 6.07) is 22.7. The number of aryl methyl sites for hydroxylation is 2. The highest BCUT2D eigenvalue weighted by Crippen LogP contribution is 2.40. The molecule has 0 aromatic heterocycles. The number of hydrogen-bond donors (Lipinski definition) is 5. The number of phenols is 5. The summed E-state index contributed by atoms with van der Waals surface area (Å²) in [4.78, 5) is 0. The first-order valence-corrected chi connectivity index (χ1v) is 17.5. The Balaban J connectivity index is 1.39. The van der Waals surface area contributed by atoms with Gasteiger partial charge in [0.05, 0.1) is 0 Å². The van der Waals surface area contributed by atoms with Crippen LogP contribution in [0.2, 0.25) is 0 Å². The molecule has 1 fully saturated rings. The van der Waals surface area contributed by atoms with Crippen molar-refractivity contribution in [1.82, 2.24) is 0 Å². The SMILES string of the molecule is Cc1cc(Cc2cc(C3CCCCC3)cc(Cc3cc(C)c(O)c(Cc4ccc(O)cc4)c3C)c2O)c(C)c(Cc2ccc(O)cc2)c1O. The van der Waals surface area contributed by atoms with Gasteiger partial charge in [-0.3, -0.25) is 0 Å². The van der Waals surface area contributed by atoms with Crippen molar-refractivity contribution in [3.05, 3.63) is 145 Å². The van der Waals surface area contributed by atoms with Gasteiger partial charge in [0.2, 0.25) is 0 Å². The van der Waals surface area contributed by atoms with E-state index in [1.54, 1.807) is 24.3 Å². The summed E-state index contributed by atoms with van der Waals surface area (Å²) >= 11 is 0. The van der Waals surface area contributed by atoms with Crippen LogP contribution in [-0.2, 0) is 25.7 Å². The second-order valence-electron chi connectivity index (χ2n) is 14.2. The Labute approximate surface area is 290 Å². The highest BCUT2D eigenvalue weighted by atomic mass is 16.3. The summed E-state index contributed by atoms with van der Waals surface area (Å²) in [7, 11) is 0. The van der Waals surface area contributed by atoms with Crippen LogP contribution in [0.15, 0.2) is 72.8 Å². The topological polar surface area (TPSA) is 101 Å². The first kappa shape index (κ1) is 34.0. The molecule has 5 nitrogen and oxygen atoms in total. The minimum atomic E-state index is 0.213. The average Bonchev–Trinajstić information content (AvgIpc) is 3.10. The van der Waals surface area contributed by atoms with Crippen molar-refractivity contribution in [3.8, 4) is 28.7 Å². The van der Waals surface area contributed by atoms with Crippen molar-refractivity contribution in [2.24, 2.45) is 0 Å². The molecule has 5 aromatic rings. The third kappa shape index (κ3) is 7.41. The zero-order chi connectivity index (χ0) is 34.8. The predicted octanol–water partition coefficient (Wildman–Crippen LogP) is 9.86. The molecule has 0 bridgehead atoms. The monoisotopic (exact) mass is 656 g/mol. The van der Waals surface area contributed by atoms with E-state index in [0.29, 0.717) is 37.4 Å². The van der Waals surface area contributed by atoms with Gasteiger partial charge >= 0.3 is 0 Å². The van der Waals surface area contributed by atoms with E-state index < -0.39 is 0 Å². The second-order valence-corrected chi connectivity index (χ2v) is 14.2. The summed E-state index contributed by atoms with van der Waals surface area (Å²) in [5, 5.41) is 53.8. The Morgan fingerprint density at radius 3 is 1.29 bits per heavy atom. The van der Waals surface area contributed by atoms with Crippen molar-refractivity contribution in [2.75, 3.05) is 0 Å². The molecule has 6 rings (SSSR count). The van der Waals surface area contributed by atoms with Crippen molar-refractivity contribution < 1.29 is 25.5 Å². The molecule has 5 heteroatoms. The van der Waals surface area contributed by atoms with Crippen molar-refractivity contribution in [3.63, 3.8) is 0 Å². The molecule has 0 heterocycles. The van der Waals surface area contributed by atoms with Crippen LogP contribution < -0.4 is 0 Å². The van der Waals surface area contributed by atoms with Crippen LogP contribution in [-0.4, -0.2) is 25.5 Å². The van der Waals surface area contributed by atoms with E-state index in [9.17, 15) is 25.5 Å². The van der Waals surface area contributed by atoms with Crippen LogP contribution in [0.3, 0.4) is 0 Å². The van der Waals surface area contributed by atoms with Gasteiger partial charge < -0.3 is 25.5 Å². The Bertz CT molecular complexity index is 1830. The first-order valence-electron chi connectivity index (χ1n) is 17.5. The molecule has 0 saturated heterocycles. The standard InChI is InChI=1S/C44H48O5/c1-26-18-33(28(3)40(42(26)47)20-30-10-14-38(45)15-11-30)22-36-24-35(32-8-6-5-7-9-32)25-37(44(36)49)23-34-19-27(2)43(48)41(29(34)4)21-31-12-16-39(46)17-13-31/h10-19,24-25,32,45-49H,5-9,20-23H2,1-4H3. The van der Waals surface area contributed by atoms with E-state index >= 15 is 0 Å². The summed E-state index contributed by atoms with van der Waals surface area (Å²) in [5.74, 6) is 1.75. The minimum Gasteiger partial charge on any atom is -0.508 e. The van der Waals surface area contributed by atoms with Crippen LogP contribution in [0.25, 0.3) is 0 Å². The van der Waals surface area contributed by atoms with E-state index in [2.05, 4.69) is 12.1 Å². The zero-order valence-corrected chi connectivity index (χ0v) is 29.1. The van der Waals surface area contributed by atoms with Gasteiger partial charge in [0.15, 0.2) is 0 Å². The molecule has 5 N–H and O–H groups in total. The van der Waals surface area contributed by atoms with Crippen LogP contribution in [0.5, 0.6) is 28.7 Å². The molecular formula is C44H48O5. The maximum Gasteiger partial charge on any atom is 0.122 e. The van der Waals surface area contributed by atoms with Crippen LogP contribution in [0.4, 0.5) is 0 Å². The molecule has 5 aromatic carbocycles. The molecule has 0 amide bonds. The molecular weight excluding hydrogens is 608 g/mol. The molecule has 254 valence electrons. The molecule has 0 radical (unpaired) electrons. The Morgan fingerprint density at radius 2 is 0.878 bits per heavy atom. The normalized spacial score (nSPS) is 13.6. The minimum absolute atomic E-state index is 0.213. The van der Waals surface area contributed by atoms with E-state index in [4.69, 9.17) is 0 Å². The second kappa shape index (κ2) is 14.3. The van der Waals surface area contributed by atoms with E-state index in [1.807, 2.05) is 64.1 Å². The number of rotatable bonds is 9. The summed E-state index contributed by atoms with van der Waals surface area (Å²) in [6.45, 7) is 7.94. The Hall–Kier alpha value is -4.90. The lowest BCUT2D eigenvalue weighted by Gasteiger charge is -2.25. The van der Waals surface area contributed by atoms with Crippen molar-refractivity contribution in [2.45, 2.75) is 91.4 Å². The zero-order valence-electron chi connectivity index (χ0n) is 29.1. The van der Waals surface area contributed by atoms with Gasteiger partial charge in [-0.05, 0) is 132 Å². The first-order chi connectivity index (χ1) is 23.5. The van der Waals surface area contributed by atoms with Gasteiger partial charge in [0, 0.05) is 36.8 Å². The third-order valence-electron chi connectivity index (χ3n) is 10.7. The molecule has 0 atom stereocenters. The van der Waals surface area contributed by atoms with E-state index in [0.717, 1.165) is 79.6 Å². The number of hydrogen-bond acceptors (Lipinski definition) is 5. The predicted molar refractivity (Wildman–Crippen MR) is 197 cm³/mol.